The maximum Gasteiger partial charge on any atom is 0.160 e. The Hall–Kier alpha value is -6.38. The zero-order valence-corrected chi connectivity index (χ0v) is 30.1. The van der Waals surface area contributed by atoms with E-state index in [-0.39, 0.29) is 0 Å². The molecule has 2 heteroatoms. The van der Waals surface area contributed by atoms with Gasteiger partial charge < -0.3 is 0 Å². The van der Waals surface area contributed by atoms with Crippen molar-refractivity contribution < 1.29 is 0 Å². The smallest absolute Gasteiger partial charge is 0.160 e. The normalized spacial score (nSPS) is 11.1. The molecule has 0 fully saturated rings. The van der Waals surface area contributed by atoms with Crippen LogP contribution < -0.4 is 0 Å². The Morgan fingerprint density at radius 1 is 0.250 bits per heavy atom. The SMILES string of the molecule is Cc1cccc(-c2cc(C)cc(-c3cccc(-c4cc(-c5cccc(-c6cc(C)cc(-c7cccc(C)c7)c6)c5)nc(-c5ccccc5)n4)c3)c2)c1. The first-order valence-corrected chi connectivity index (χ1v) is 17.9. The minimum Gasteiger partial charge on any atom is -0.228 e. The third-order valence-electron chi connectivity index (χ3n) is 9.60. The van der Waals surface area contributed by atoms with Crippen LogP contribution in [0.4, 0.5) is 0 Å². The number of nitrogens with zero attached hydrogens (tertiary/aromatic N) is 2. The Morgan fingerprint density at radius 3 is 1.00 bits per heavy atom. The summed E-state index contributed by atoms with van der Waals surface area (Å²) >= 11 is 0. The van der Waals surface area contributed by atoms with Crippen LogP contribution in [0.25, 0.3) is 78.4 Å². The highest BCUT2D eigenvalue weighted by Gasteiger charge is 2.14. The van der Waals surface area contributed by atoms with Gasteiger partial charge in [0.05, 0.1) is 11.4 Å². The largest absolute Gasteiger partial charge is 0.228 e. The average Bonchev–Trinajstić information content (AvgIpc) is 3.18. The molecule has 0 aliphatic rings. The molecular weight excluding hydrogens is 629 g/mol. The van der Waals surface area contributed by atoms with Crippen LogP contribution in [-0.2, 0) is 0 Å². The summed E-state index contributed by atoms with van der Waals surface area (Å²) in [5.41, 5.74) is 19.4. The summed E-state index contributed by atoms with van der Waals surface area (Å²) in [7, 11) is 0. The summed E-state index contributed by atoms with van der Waals surface area (Å²) in [5.74, 6) is 0.707. The van der Waals surface area contributed by atoms with Gasteiger partial charge in [-0.1, -0.05) is 151 Å². The standard InChI is InChI=1S/C50H40N2/c1-33-12-8-16-38(22-33)44-24-35(3)26-46(30-44)40-18-10-20-42(28-40)48-32-49(52-50(51-48)37-14-6-5-7-15-37)43-21-11-19-41(29-43)47-27-36(4)25-45(31-47)39-17-9-13-34(2)23-39/h5-32H,1-4H3. The minimum absolute atomic E-state index is 0.707. The van der Waals surface area contributed by atoms with E-state index < -0.39 is 0 Å². The van der Waals surface area contributed by atoms with Gasteiger partial charge in [0.25, 0.3) is 0 Å². The predicted octanol–water partition coefficient (Wildman–Crippen LogP) is 13.4. The lowest BCUT2D eigenvalue weighted by atomic mass is 9.94. The van der Waals surface area contributed by atoms with Crippen LogP contribution in [0.1, 0.15) is 22.3 Å². The molecule has 1 aromatic heterocycles. The third kappa shape index (κ3) is 7.10. The predicted molar refractivity (Wildman–Crippen MR) is 219 cm³/mol. The van der Waals surface area contributed by atoms with E-state index >= 15 is 0 Å². The maximum atomic E-state index is 5.16. The number of hydrogen-bond acceptors (Lipinski definition) is 2. The monoisotopic (exact) mass is 668 g/mol. The molecule has 0 aliphatic carbocycles. The maximum absolute atomic E-state index is 5.16. The molecule has 8 rings (SSSR count). The summed E-state index contributed by atoms with van der Waals surface area (Å²) in [6.45, 7) is 8.63. The first kappa shape index (κ1) is 32.8. The van der Waals surface area contributed by atoms with E-state index in [1.165, 1.54) is 55.6 Å². The number of hydrogen-bond donors (Lipinski definition) is 0. The lowest BCUT2D eigenvalue weighted by Gasteiger charge is -2.13. The van der Waals surface area contributed by atoms with Crippen LogP contribution in [0.3, 0.4) is 0 Å². The highest BCUT2D eigenvalue weighted by molar-refractivity contribution is 5.81. The van der Waals surface area contributed by atoms with E-state index in [1.54, 1.807) is 0 Å². The molecule has 0 saturated heterocycles. The van der Waals surface area contributed by atoms with Crippen molar-refractivity contribution in [2.45, 2.75) is 27.7 Å². The van der Waals surface area contributed by atoms with Gasteiger partial charge in [0.2, 0.25) is 0 Å². The minimum atomic E-state index is 0.707. The van der Waals surface area contributed by atoms with Crippen molar-refractivity contribution in [2.24, 2.45) is 0 Å². The Labute approximate surface area is 307 Å². The highest BCUT2D eigenvalue weighted by Crippen LogP contribution is 2.35. The molecule has 250 valence electrons. The van der Waals surface area contributed by atoms with Crippen LogP contribution in [0.5, 0.6) is 0 Å². The molecule has 0 amide bonds. The Kier molecular flexibility index (Phi) is 8.89. The fourth-order valence-corrected chi connectivity index (χ4v) is 7.06. The van der Waals surface area contributed by atoms with Crippen LogP contribution >= 0.6 is 0 Å². The molecule has 0 N–H and O–H groups in total. The second kappa shape index (κ2) is 14.1. The molecule has 0 bridgehead atoms. The van der Waals surface area contributed by atoms with Crippen molar-refractivity contribution in [3.63, 3.8) is 0 Å². The molecule has 0 radical (unpaired) electrons. The van der Waals surface area contributed by atoms with Crippen LogP contribution in [0.15, 0.2) is 170 Å². The zero-order chi connectivity index (χ0) is 35.6. The van der Waals surface area contributed by atoms with E-state index in [9.17, 15) is 0 Å². The van der Waals surface area contributed by atoms with E-state index in [4.69, 9.17) is 9.97 Å². The number of benzene rings is 7. The van der Waals surface area contributed by atoms with Crippen LogP contribution in [0, 0.1) is 27.7 Å². The van der Waals surface area contributed by atoms with Gasteiger partial charge in [-0.2, -0.15) is 0 Å². The van der Waals surface area contributed by atoms with Crippen molar-refractivity contribution in [3.8, 4) is 78.4 Å². The van der Waals surface area contributed by atoms with E-state index in [2.05, 4.69) is 179 Å². The summed E-state index contributed by atoms with van der Waals surface area (Å²) < 4.78 is 0. The van der Waals surface area contributed by atoms with Gasteiger partial charge >= 0.3 is 0 Å². The van der Waals surface area contributed by atoms with Crippen molar-refractivity contribution in [3.05, 3.63) is 192 Å². The van der Waals surface area contributed by atoms with Crippen molar-refractivity contribution in [1.82, 2.24) is 9.97 Å². The number of rotatable bonds is 7. The van der Waals surface area contributed by atoms with E-state index in [0.717, 1.165) is 39.2 Å². The third-order valence-corrected chi connectivity index (χ3v) is 9.60. The molecule has 0 aliphatic heterocycles. The molecule has 7 aromatic carbocycles. The molecule has 0 spiro atoms. The highest BCUT2D eigenvalue weighted by atomic mass is 14.9. The first-order valence-electron chi connectivity index (χ1n) is 17.9. The second-order valence-corrected chi connectivity index (χ2v) is 13.9. The van der Waals surface area contributed by atoms with Crippen molar-refractivity contribution in [2.75, 3.05) is 0 Å². The Balaban J connectivity index is 1.21. The van der Waals surface area contributed by atoms with Gasteiger partial charge in [-0.15, -0.1) is 0 Å². The Bertz CT molecular complexity index is 2410. The molecule has 1 heterocycles. The number of aromatic nitrogens is 2. The first-order chi connectivity index (χ1) is 25.3. The van der Waals surface area contributed by atoms with Crippen LogP contribution in [-0.4, -0.2) is 9.97 Å². The van der Waals surface area contributed by atoms with Gasteiger partial charge in [-0.3, -0.25) is 0 Å². The molecule has 0 atom stereocenters. The lowest BCUT2D eigenvalue weighted by molar-refractivity contribution is 1.18. The quantitative estimate of drug-likeness (QED) is 0.169. The molecule has 0 unspecified atom stereocenters. The number of aryl methyl sites for hydroxylation is 4. The van der Waals surface area contributed by atoms with Gasteiger partial charge in [0.1, 0.15) is 0 Å². The van der Waals surface area contributed by atoms with Crippen molar-refractivity contribution >= 4 is 0 Å². The summed E-state index contributed by atoms with van der Waals surface area (Å²) in [4.78, 5) is 10.3. The Morgan fingerprint density at radius 2 is 0.577 bits per heavy atom. The van der Waals surface area contributed by atoms with E-state index in [0.29, 0.717) is 5.82 Å². The summed E-state index contributed by atoms with van der Waals surface area (Å²) in [6.07, 6.45) is 0. The van der Waals surface area contributed by atoms with Gasteiger partial charge in [0, 0.05) is 16.7 Å². The topological polar surface area (TPSA) is 25.8 Å². The van der Waals surface area contributed by atoms with Gasteiger partial charge in [-0.25, -0.2) is 9.97 Å². The summed E-state index contributed by atoms with van der Waals surface area (Å²) in [5, 5.41) is 0. The fraction of sp³-hybridized carbons (Fsp3) is 0.0800. The van der Waals surface area contributed by atoms with Gasteiger partial charge in [0.15, 0.2) is 5.82 Å². The van der Waals surface area contributed by atoms with E-state index in [1.807, 2.05) is 18.2 Å². The fourth-order valence-electron chi connectivity index (χ4n) is 7.06. The molecule has 52 heavy (non-hydrogen) atoms. The molecular formula is C50H40N2. The molecule has 2 nitrogen and oxygen atoms in total. The summed E-state index contributed by atoms with van der Waals surface area (Å²) in [6, 6.07) is 60.9. The zero-order valence-electron chi connectivity index (χ0n) is 30.1. The van der Waals surface area contributed by atoms with Crippen LogP contribution in [0.2, 0.25) is 0 Å². The molecule has 8 aromatic rings. The lowest BCUT2D eigenvalue weighted by Crippen LogP contribution is -1.96. The van der Waals surface area contributed by atoms with Crippen molar-refractivity contribution in [1.29, 1.82) is 0 Å². The second-order valence-electron chi connectivity index (χ2n) is 13.9. The average molecular weight is 669 g/mol. The molecule has 0 saturated carbocycles. The van der Waals surface area contributed by atoms with Gasteiger partial charge in [-0.05, 0) is 114 Å².